The van der Waals surface area contributed by atoms with E-state index in [2.05, 4.69) is 85.1 Å². The Balaban J connectivity index is 1.76. The Morgan fingerprint density at radius 1 is 0.828 bits per heavy atom. The standard InChI is InChI=1S/C26H24N2O/c1-3-18-10-13-20(14-11-18)24-25(21-8-6-5-7-9-21)28-17-29-23-15-12-19(4-2)16-22(23)26(28)27-24/h5-16H,3-4,17H2,1-2H3. The number of hydrogen-bond acceptors (Lipinski definition) is 2. The van der Waals surface area contributed by atoms with Crippen LogP contribution in [0, 0.1) is 0 Å². The van der Waals surface area contributed by atoms with Crippen molar-refractivity contribution in [2.75, 3.05) is 0 Å². The highest BCUT2D eigenvalue weighted by Gasteiger charge is 2.26. The molecule has 3 nitrogen and oxygen atoms in total. The first kappa shape index (κ1) is 17.7. The third kappa shape index (κ3) is 3.03. The number of ether oxygens (including phenoxy) is 1. The Bertz CT molecular complexity index is 1160. The molecule has 2 heterocycles. The van der Waals surface area contributed by atoms with Crippen LogP contribution in [0.25, 0.3) is 33.9 Å². The minimum atomic E-state index is 0.470. The van der Waals surface area contributed by atoms with Gasteiger partial charge in [0.15, 0.2) is 6.73 Å². The zero-order valence-corrected chi connectivity index (χ0v) is 16.9. The molecule has 0 fully saturated rings. The molecule has 0 N–H and O–H groups in total. The largest absolute Gasteiger partial charge is 0.472 e. The average molecular weight is 380 g/mol. The SMILES string of the molecule is CCc1ccc(-c2nc3n(c2-c2ccccc2)COc2ccc(CC)cc2-3)cc1. The summed E-state index contributed by atoms with van der Waals surface area (Å²) in [4.78, 5) is 5.15. The first-order valence-corrected chi connectivity index (χ1v) is 10.3. The fourth-order valence-corrected chi connectivity index (χ4v) is 4.00. The number of benzene rings is 3. The molecule has 0 spiro atoms. The van der Waals surface area contributed by atoms with E-state index >= 15 is 0 Å². The second kappa shape index (κ2) is 7.25. The van der Waals surface area contributed by atoms with Gasteiger partial charge in [0.2, 0.25) is 0 Å². The van der Waals surface area contributed by atoms with Crippen molar-refractivity contribution in [1.82, 2.24) is 9.55 Å². The summed E-state index contributed by atoms with van der Waals surface area (Å²) in [6.07, 6.45) is 2.03. The van der Waals surface area contributed by atoms with Crippen molar-refractivity contribution < 1.29 is 4.74 Å². The van der Waals surface area contributed by atoms with Gasteiger partial charge in [0.05, 0.1) is 17.0 Å². The van der Waals surface area contributed by atoms with Crippen molar-refractivity contribution in [3.8, 4) is 39.7 Å². The molecule has 0 bridgehead atoms. The van der Waals surface area contributed by atoms with Gasteiger partial charge >= 0.3 is 0 Å². The molecule has 1 aliphatic heterocycles. The van der Waals surface area contributed by atoms with Crippen LogP contribution in [-0.4, -0.2) is 9.55 Å². The number of aromatic nitrogens is 2. The lowest BCUT2D eigenvalue weighted by molar-refractivity contribution is 0.231. The quantitative estimate of drug-likeness (QED) is 0.412. The molecule has 5 rings (SSSR count). The zero-order chi connectivity index (χ0) is 19.8. The van der Waals surface area contributed by atoms with Crippen LogP contribution in [0.1, 0.15) is 25.0 Å². The minimum Gasteiger partial charge on any atom is -0.472 e. The van der Waals surface area contributed by atoms with E-state index in [-0.39, 0.29) is 0 Å². The highest BCUT2D eigenvalue weighted by atomic mass is 16.5. The lowest BCUT2D eigenvalue weighted by Crippen LogP contribution is -2.14. The second-order valence-corrected chi connectivity index (χ2v) is 7.43. The summed E-state index contributed by atoms with van der Waals surface area (Å²) in [5.41, 5.74) is 8.10. The first-order chi connectivity index (χ1) is 14.3. The summed E-state index contributed by atoms with van der Waals surface area (Å²) in [7, 11) is 0. The molecule has 0 amide bonds. The predicted octanol–water partition coefficient (Wildman–Crippen LogP) is 6.36. The molecule has 0 unspecified atom stereocenters. The van der Waals surface area contributed by atoms with Crippen LogP contribution in [0.5, 0.6) is 5.75 Å². The maximum absolute atomic E-state index is 6.12. The Hall–Kier alpha value is -3.33. The number of fused-ring (bicyclic) bond motifs is 3. The number of rotatable bonds is 4. The molecule has 3 heteroatoms. The molecular formula is C26H24N2O. The van der Waals surface area contributed by atoms with Gasteiger partial charge in [-0.1, -0.05) is 74.5 Å². The van der Waals surface area contributed by atoms with Crippen LogP contribution >= 0.6 is 0 Å². The van der Waals surface area contributed by atoms with Gasteiger partial charge in [0.1, 0.15) is 11.6 Å². The molecule has 0 atom stereocenters. The van der Waals surface area contributed by atoms with Gasteiger partial charge < -0.3 is 4.74 Å². The number of imidazole rings is 1. The van der Waals surface area contributed by atoms with E-state index < -0.39 is 0 Å². The monoisotopic (exact) mass is 380 g/mol. The molecule has 1 aliphatic rings. The Morgan fingerprint density at radius 2 is 1.55 bits per heavy atom. The van der Waals surface area contributed by atoms with E-state index in [0.29, 0.717) is 6.73 Å². The highest BCUT2D eigenvalue weighted by Crippen LogP contribution is 2.41. The van der Waals surface area contributed by atoms with Crippen LogP contribution in [-0.2, 0) is 19.6 Å². The number of nitrogens with zero attached hydrogens (tertiary/aromatic N) is 2. The van der Waals surface area contributed by atoms with Crippen molar-refractivity contribution in [3.05, 3.63) is 83.9 Å². The molecule has 0 saturated carbocycles. The van der Waals surface area contributed by atoms with Crippen molar-refractivity contribution in [2.45, 2.75) is 33.4 Å². The topological polar surface area (TPSA) is 27.1 Å². The van der Waals surface area contributed by atoms with Crippen LogP contribution < -0.4 is 4.74 Å². The van der Waals surface area contributed by atoms with Crippen LogP contribution in [0.15, 0.2) is 72.8 Å². The van der Waals surface area contributed by atoms with Crippen molar-refractivity contribution in [1.29, 1.82) is 0 Å². The van der Waals surface area contributed by atoms with Gasteiger partial charge in [-0.05, 0) is 36.1 Å². The van der Waals surface area contributed by atoms with Crippen molar-refractivity contribution in [3.63, 3.8) is 0 Å². The van der Waals surface area contributed by atoms with E-state index in [1.54, 1.807) is 0 Å². The fourth-order valence-electron chi connectivity index (χ4n) is 4.00. The third-order valence-electron chi connectivity index (χ3n) is 5.69. The van der Waals surface area contributed by atoms with Gasteiger partial charge in [0, 0.05) is 11.1 Å². The van der Waals surface area contributed by atoms with E-state index in [1.165, 1.54) is 11.1 Å². The average Bonchev–Trinajstić information content (AvgIpc) is 3.19. The van der Waals surface area contributed by atoms with E-state index in [1.807, 2.05) is 6.07 Å². The Kier molecular flexibility index (Phi) is 4.44. The molecule has 29 heavy (non-hydrogen) atoms. The molecular weight excluding hydrogens is 356 g/mol. The summed E-state index contributed by atoms with van der Waals surface area (Å²) in [5.74, 6) is 1.89. The summed E-state index contributed by atoms with van der Waals surface area (Å²) in [5, 5.41) is 0. The summed E-state index contributed by atoms with van der Waals surface area (Å²) in [6.45, 7) is 4.82. The molecule has 3 aromatic carbocycles. The minimum absolute atomic E-state index is 0.470. The fraction of sp³-hybridized carbons (Fsp3) is 0.192. The van der Waals surface area contributed by atoms with E-state index in [9.17, 15) is 0 Å². The molecule has 0 aliphatic carbocycles. The van der Waals surface area contributed by atoms with Crippen LogP contribution in [0.4, 0.5) is 0 Å². The number of aryl methyl sites for hydroxylation is 2. The molecule has 144 valence electrons. The Morgan fingerprint density at radius 3 is 2.28 bits per heavy atom. The molecule has 0 saturated heterocycles. The van der Waals surface area contributed by atoms with Gasteiger partial charge in [-0.3, -0.25) is 4.57 Å². The predicted molar refractivity (Wildman–Crippen MR) is 118 cm³/mol. The maximum atomic E-state index is 6.12. The highest BCUT2D eigenvalue weighted by molar-refractivity contribution is 5.83. The summed E-state index contributed by atoms with van der Waals surface area (Å²) >= 11 is 0. The third-order valence-corrected chi connectivity index (χ3v) is 5.69. The van der Waals surface area contributed by atoms with Crippen molar-refractivity contribution in [2.24, 2.45) is 0 Å². The molecule has 4 aromatic rings. The number of hydrogen-bond donors (Lipinski definition) is 0. The summed E-state index contributed by atoms with van der Waals surface area (Å²) < 4.78 is 8.33. The van der Waals surface area contributed by atoms with Gasteiger partial charge in [-0.25, -0.2) is 4.98 Å². The van der Waals surface area contributed by atoms with Gasteiger partial charge in [-0.2, -0.15) is 0 Å². The maximum Gasteiger partial charge on any atom is 0.167 e. The normalized spacial score (nSPS) is 12.2. The van der Waals surface area contributed by atoms with Crippen LogP contribution in [0.2, 0.25) is 0 Å². The smallest absolute Gasteiger partial charge is 0.167 e. The van der Waals surface area contributed by atoms with Gasteiger partial charge in [-0.15, -0.1) is 0 Å². The van der Waals surface area contributed by atoms with Gasteiger partial charge in [0.25, 0.3) is 0 Å². The lowest BCUT2D eigenvalue weighted by atomic mass is 10.0. The molecule has 0 radical (unpaired) electrons. The first-order valence-electron chi connectivity index (χ1n) is 10.3. The van der Waals surface area contributed by atoms with E-state index in [0.717, 1.165) is 52.5 Å². The summed E-state index contributed by atoms with van der Waals surface area (Å²) in [6, 6.07) is 25.7. The Labute approximate surface area is 171 Å². The van der Waals surface area contributed by atoms with E-state index in [4.69, 9.17) is 9.72 Å². The second-order valence-electron chi connectivity index (χ2n) is 7.43. The lowest BCUT2D eigenvalue weighted by Gasteiger charge is -2.21. The van der Waals surface area contributed by atoms with Crippen molar-refractivity contribution >= 4 is 0 Å². The zero-order valence-electron chi connectivity index (χ0n) is 16.9. The molecule has 1 aromatic heterocycles. The van der Waals surface area contributed by atoms with Crippen LogP contribution in [0.3, 0.4) is 0 Å².